The van der Waals surface area contributed by atoms with Crippen LogP contribution in [0.2, 0.25) is 0 Å². The van der Waals surface area contributed by atoms with Gasteiger partial charge in [0.15, 0.2) is 0 Å². The largest absolute Gasteiger partial charge is 0.319 e. The first-order chi connectivity index (χ1) is 8.99. The van der Waals surface area contributed by atoms with E-state index < -0.39 is 5.82 Å². The van der Waals surface area contributed by atoms with E-state index in [0.29, 0.717) is 15.6 Å². The molecule has 0 aliphatic heterocycles. The summed E-state index contributed by atoms with van der Waals surface area (Å²) in [7, 11) is 0. The van der Waals surface area contributed by atoms with Crippen LogP contribution in [0.15, 0.2) is 45.3 Å². The van der Waals surface area contributed by atoms with E-state index in [1.807, 2.05) is 6.07 Å². The summed E-state index contributed by atoms with van der Waals surface area (Å²) in [5, 5.41) is 2.60. The van der Waals surface area contributed by atoms with Gasteiger partial charge >= 0.3 is 0 Å². The smallest absolute Gasteiger partial charge is 0.256 e. The third-order valence-corrected chi connectivity index (χ3v) is 3.82. The molecule has 0 bridgehead atoms. The Labute approximate surface area is 127 Å². The standard InChI is InChI=1S/C14H10Br2FNO/c1-8-3-2-4-12(17)13(8)18-14(19)10-7-9(15)5-6-11(10)16/h2-7H,1H3,(H,18,19). The highest BCUT2D eigenvalue weighted by atomic mass is 79.9. The van der Waals surface area contributed by atoms with E-state index in [-0.39, 0.29) is 11.6 Å². The summed E-state index contributed by atoms with van der Waals surface area (Å²) >= 11 is 6.61. The van der Waals surface area contributed by atoms with Gasteiger partial charge in [0.2, 0.25) is 0 Å². The molecule has 2 rings (SSSR count). The Kier molecular flexibility index (Phi) is 4.37. The van der Waals surface area contributed by atoms with Gasteiger partial charge in [-0.3, -0.25) is 4.79 Å². The van der Waals surface area contributed by atoms with Crippen LogP contribution in [0.5, 0.6) is 0 Å². The van der Waals surface area contributed by atoms with Gasteiger partial charge in [-0.1, -0.05) is 28.1 Å². The third-order valence-electron chi connectivity index (χ3n) is 2.63. The van der Waals surface area contributed by atoms with Crippen molar-refractivity contribution < 1.29 is 9.18 Å². The molecule has 2 nitrogen and oxygen atoms in total. The van der Waals surface area contributed by atoms with Crippen LogP contribution >= 0.6 is 31.9 Å². The van der Waals surface area contributed by atoms with Crippen molar-refractivity contribution in [3.05, 3.63) is 62.3 Å². The molecule has 0 radical (unpaired) electrons. The molecule has 1 N–H and O–H groups in total. The SMILES string of the molecule is Cc1cccc(F)c1NC(=O)c1cc(Br)ccc1Br. The van der Waals surface area contributed by atoms with Crippen LogP contribution in [0.1, 0.15) is 15.9 Å². The number of para-hydroxylation sites is 1. The molecule has 2 aromatic carbocycles. The van der Waals surface area contributed by atoms with Crippen LogP contribution in [-0.4, -0.2) is 5.91 Å². The van der Waals surface area contributed by atoms with Gasteiger partial charge in [-0.15, -0.1) is 0 Å². The maximum atomic E-state index is 13.7. The number of nitrogens with one attached hydrogen (secondary N) is 1. The third kappa shape index (κ3) is 3.22. The van der Waals surface area contributed by atoms with Crippen LogP contribution in [0.3, 0.4) is 0 Å². The zero-order chi connectivity index (χ0) is 14.0. The van der Waals surface area contributed by atoms with Gasteiger partial charge in [0.1, 0.15) is 5.82 Å². The minimum absolute atomic E-state index is 0.208. The molecule has 2 aromatic rings. The number of rotatable bonds is 2. The van der Waals surface area contributed by atoms with Crippen molar-refractivity contribution >= 4 is 43.5 Å². The molecule has 1 amide bonds. The van der Waals surface area contributed by atoms with Crippen molar-refractivity contribution in [3.63, 3.8) is 0 Å². The molecule has 0 unspecified atom stereocenters. The lowest BCUT2D eigenvalue weighted by Gasteiger charge is -2.10. The number of amides is 1. The Morgan fingerprint density at radius 3 is 2.63 bits per heavy atom. The fourth-order valence-electron chi connectivity index (χ4n) is 1.64. The maximum Gasteiger partial charge on any atom is 0.256 e. The van der Waals surface area contributed by atoms with Crippen LogP contribution in [-0.2, 0) is 0 Å². The topological polar surface area (TPSA) is 29.1 Å². The molecule has 0 aromatic heterocycles. The number of halogens is 3. The number of hydrogen-bond acceptors (Lipinski definition) is 1. The van der Waals surface area contributed by atoms with E-state index >= 15 is 0 Å². The number of carbonyl (C=O) groups is 1. The highest BCUT2D eigenvalue weighted by Gasteiger charge is 2.14. The molecule has 0 spiro atoms. The normalized spacial score (nSPS) is 10.3. The lowest BCUT2D eigenvalue weighted by Crippen LogP contribution is -2.14. The average molecular weight is 387 g/mol. The van der Waals surface area contributed by atoms with Crippen molar-refractivity contribution in [1.29, 1.82) is 0 Å². The van der Waals surface area contributed by atoms with E-state index in [0.717, 1.165) is 4.47 Å². The molecule has 0 saturated carbocycles. The Balaban J connectivity index is 2.34. The molecular formula is C14H10Br2FNO. The quantitative estimate of drug-likeness (QED) is 0.780. The minimum atomic E-state index is -0.445. The minimum Gasteiger partial charge on any atom is -0.319 e. The second-order valence-electron chi connectivity index (χ2n) is 4.01. The summed E-state index contributed by atoms with van der Waals surface area (Å²) in [4.78, 5) is 12.2. The van der Waals surface area contributed by atoms with Crippen LogP contribution < -0.4 is 5.32 Å². The second-order valence-corrected chi connectivity index (χ2v) is 5.78. The zero-order valence-electron chi connectivity index (χ0n) is 10.0. The van der Waals surface area contributed by atoms with Crippen molar-refractivity contribution in [3.8, 4) is 0 Å². The number of benzene rings is 2. The molecular weight excluding hydrogens is 377 g/mol. The van der Waals surface area contributed by atoms with Gasteiger partial charge in [-0.05, 0) is 52.7 Å². The number of aryl methyl sites for hydroxylation is 1. The molecule has 5 heteroatoms. The highest BCUT2D eigenvalue weighted by Crippen LogP contribution is 2.24. The van der Waals surface area contributed by atoms with Crippen LogP contribution in [0, 0.1) is 12.7 Å². The number of anilines is 1. The first-order valence-corrected chi connectivity index (χ1v) is 7.09. The van der Waals surface area contributed by atoms with E-state index in [4.69, 9.17) is 0 Å². The van der Waals surface area contributed by atoms with Gasteiger partial charge in [0.25, 0.3) is 5.91 Å². The average Bonchev–Trinajstić information content (AvgIpc) is 2.37. The van der Waals surface area contributed by atoms with Gasteiger partial charge in [-0.2, -0.15) is 0 Å². The van der Waals surface area contributed by atoms with Gasteiger partial charge in [0, 0.05) is 8.95 Å². The number of hydrogen-bond donors (Lipinski definition) is 1. The fraction of sp³-hybridized carbons (Fsp3) is 0.0714. The summed E-state index contributed by atoms with van der Waals surface area (Å²) in [5.41, 5.74) is 1.33. The Morgan fingerprint density at radius 2 is 1.95 bits per heavy atom. The molecule has 98 valence electrons. The van der Waals surface area contributed by atoms with Gasteiger partial charge in [-0.25, -0.2) is 4.39 Å². The summed E-state index contributed by atoms with van der Waals surface area (Å²) in [5.74, 6) is -0.805. The van der Waals surface area contributed by atoms with E-state index in [2.05, 4.69) is 37.2 Å². The molecule has 0 atom stereocenters. The monoisotopic (exact) mass is 385 g/mol. The molecule has 0 aliphatic carbocycles. The highest BCUT2D eigenvalue weighted by molar-refractivity contribution is 9.11. The summed E-state index contributed by atoms with van der Waals surface area (Å²) < 4.78 is 15.1. The predicted molar refractivity (Wildman–Crippen MR) is 80.9 cm³/mol. The molecule has 19 heavy (non-hydrogen) atoms. The first-order valence-electron chi connectivity index (χ1n) is 5.50. The van der Waals surface area contributed by atoms with Crippen molar-refractivity contribution in [1.82, 2.24) is 0 Å². The zero-order valence-corrected chi connectivity index (χ0v) is 13.2. The van der Waals surface area contributed by atoms with Gasteiger partial charge in [0.05, 0.1) is 11.3 Å². The summed E-state index contributed by atoms with van der Waals surface area (Å²) in [6.07, 6.45) is 0. The van der Waals surface area contributed by atoms with Gasteiger partial charge < -0.3 is 5.32 Å². The molecule has 0 fully saturated rings. The fourth-order valence-corrected chi connectivity index (χ4v) is 2.43. The Morgan fingerprint density at radius 1 is 1.21 bits per heavy atom. The van der Waals surface area contributed by atoms with E-state index in [1.165, 1.54) is 6.07 Å². The lowest BCUT2D eigenvalue weighted by molar-refractivity contribution is 0.102. The second kappa shape index (κ2) is 5.84. The molecule has 0 aliphatic rings. The molecule has 0 heterocycles. The van der Waals surface area contributed by atoms with Crippen molar-refractivity contribution in [2.45, 2.75) is 6.92 Å². The van der Waals surface area contributed by atoms with Crippen molar-refractivity contribution in [2.75, 3.05) is 5.32 Å². The summed E-state index contributed by atoms with van der Waals surface area (Å²) in [6, 6.07) is 9.92. The van der Waals surface area contributed by atoms with Crippen LogP contribution in [0.4, 0.5) is 10.1 Å². The number of carbonyl (C=O) groups excluding carboxylic acids is 1. The Bertz CT molecular complexity index is 623. The predicted octanol–water partition coefficient (Wildman–Crippen LogP) is 4.91. The lowest BCUT2D eigenvalue weighted by atomic mass is 10.1. The first kappa shape index (κ1) is 14.2. The summed E-state index contributed by atoms with van der Waals surface area (Å²) in [6.45, 7) is 1.74. The Hall–Kier alpha value is -1.20. The van der Waals surface area contributed by atoms with Crippen molar-refractivity contribution in [2.24, 2.45) is 0 Å². The van der Waals surface area contributed by atoms with E-state index in [9.17, 15) is 9.18 Å². The maximum absolute atomic E-state index is 13.7. The van der Waals surface area contributed by atoms with E-state index in [1.54, 1.807) is 31.2 Å². The van der Waals surface area contributed by atoms with Crippen LogP contribution in [0.25, 0.3) is 0 Å². The molecule has 0 saturated heterocycles.